The molecule has 0 atom stereocenters. The fraction of sp³-hybridized carbons (Fsp3) is 0.100. The van der Waals surface area contributed by atoms with Gasteiger partial charge in [-0.3, -0.25) is 4.98 Å². The van der Waals surface area contributed by atoms with Crippen molar-refractivity contribution in [2.75, 3.05) is 0 Å². The molecule has 0 aliphatic heterocycles. The van der Waals surface area contributed by atoms with Crippen LogP contribution in [-0.2, 0) is 0 Å². The molecule has 0 radical (unpaired) electrons. The van der Waals surface area contributed by atoms with Crippen LogP contribution in [0.2, 0.25) is 0 Å². The molecular formula is C40H30N4. The molecule has 0 saturated heterocycles. The minimum Gasteiger partial charge on any atom is -0.309 e. The lowest BCUT2D eigenvalue weighted by molar-refractivity contribution is 1.14. The van der Waals surface area contributed by atoms with Gasteiger partial charge in [0.2, 0.25) is 0 Å². The van der Waals surface area contributed by atoms with E-state index in [1.54, 1.807) is 0 Å². The van der Waals surface area contributed by atoms with Gasteiger partial charge in [-0.2, -0.15) is 0 Å². The van der Waals surface area contributed by atoms with E-state index >= 15 is 0 Å². The largest absolute Gasteiger partial charge is 0.309 e. The molecule has 4 heteroatoms. The molecule has 8 aromatic rings. The van der Waals surface area contributed by atoms with Gasteiger partial charge in [0.25, 0.3) is 0 Å². The van der Waals surface area contributed by atoms with E-state index in [9.17, 15) is 0 Å². The van der Waals surface area contributed by atoms with E-state index in [2.05, 4.69) is 132 Å². The minimum atomic E-state index is 0.597. The summed E-state index contributed by atoms with van der Waals surface area (Å²) in [6, 6.07) is 34.8. The lowest BCUT2D eigenvalue weighted by Crippen LogP contribution is -2.02. The lowest BCUT2D eigenvalue weighted by atomic mass is 10.0. The van der Waals surface area contributed by atoms with E-state index in [4.69, 9.17) is 6.57 Å². The second kappa shape index (κ2) is 9.69. The third-order valence-electron chi connectivity index (χ3n) is 8.83. The molecule has 5 aromatic carbocycles. The summed E-state index contributed by atoms with van der Waals surface area (Å²) in [5.41, 5.74) is 14.1. The summed E-state index contributed by atoms with van der Waals surface area (Å²) in [6.07, 6.45) is 3.81. The fourth-order valence-corrected chi connectivity index (χ4v) is 6.81. The highest BCUT2D eigenvalue weighted by atomic mass is 15.0. The van der Waals surface area contributed by atoms with Crippen molar-refractivity contribution in [2.24, 2.45) is 0 Å². The van der Waals surface area contributed by atoms with Crippen molar-refractivity contribution in [3.63, 3.8) is 0 Å². The Morgan fingerprint density at radius 1 is 0.500 bits per heavy atom. The summed E-state index contributed by atoms with van der Waals surface area (Å²) in [5.74, 6) is 0. The summed E-state index contributed by atoms with van der Waals surface area (Å²) in [7, 11) is 0. The second-order valence-corrected chi connectivity index (χ2v) is 12.0. The maximum atomic E-state index is 7.90. The smallest absolute Gasteiger partial charge is 0.188 e. The van der Waals surface area contributed by atoms with Crippen LogP contribution in [0.1, 0.15) is 22.3 Å². The number of aromatic nitrogens is 3. The molecule has 0 amide bonds. The molecule has 0 bridgehead atoms. The topological polar surface area (TPSA) is 27.1 Å². The molecule has 0 spiro atoms. The van der Waals surface area contributed by atoms with Crippen molar-refractivity contribution in [3.05, 3.63) is 143 Å². The van der Waals surface area contributed by atoms with Crippen molar-refractivity contribution in [2.45, 2.75) is 27.7 Å². The molecule has 0 fully saturated rings. The van der Waals surface area contributed by atoms with Crippen LogP contribution in [0.4, 0.5) is 5.69 Å². The van der Waals surface area contributed by atoms with E-state index in [1.807, 2.05) is 24.5 Å². The van der Waals surface area contributed by atoms with Crippen molar-refractivity contribution in [1.82, 2.24) is 14.1 Å². The van der Waals surface area contributed by atoms with Crippen molar-refractivity contribution in [1.29, 1.82) is 0 Å². The van der Waals surface area contributed by atoms with E-state index < -0.39 is 0 Å². The maximum Gasteiger partial charge on any atom is 0.188 e. The van der Waals surface area contributed by atoms with Crippen LogP contribution in [0.3, 0.4) is 0 Å². The zero-order chi connectivity index (χ0) is 30.1. The number of nitrogens with zero attached hydrogens (tertiary/aromatic N) is 4. The fourth-order valence-electron chi connectivity index (χ4n) is 6.81. The summed E-state index contributed by atoms with van der Waals surface area (Å²) in [5, 5.41) is 4.91. The van der Waals surface area contributed by atoms with Crippen molar-refractivity contribution in [3.8, 4) is 22.5 Å². The standard InChI is InChI=1S/C40H30N4/c1-24-6-11-35-29(18-24)30-19-25(2)7-12-36(30)43(35)39-15-10-28(41-5)22-33(39)34-23-42-17-16-40(34)44-37-13-8-26(3)20-31(37)32-21-27(4)9-14-38(32)44/h6-23H,1-4H3. The van der Waals surface area contributed by atoms with Crippen LogP contribution in [0.25, 0.3) is 71.0 Å². The monoisotopic (exact) mass is 566 g/mol. The molecule has 4 nitrogen and oxygen atoms in total. The SMILES string of the molecule is [C-]#[N+]c1ccc(-n2c3ccc(C)cc3c3cc(C)ccc32)c(-c2cnccc2-n2c3ccc(C)cc3c3cc(C)ccc32)c1. The predicted molar refractivity (Wildman–Crippen MR) is 184 cm³/mol. The third kappa shape index (κ3) is 3.87. The zero-order valence-electron chi connectivity index (χ0n) is 25.2. The maximum absolute atomic E-state index is 7.90. The number of hydrogen-bond acceptors (Lipinski definition) is 1. The Kier molecular flexibility index (Phi) is 5.73. The average molecular weight is 567 g/mol. The molecule has 3 heterocycles. The predicted octanol–water partition coefficient (Wildman–Crippen LogP) is 10.7. The van der Waals surface area contributed by atoms with Gasteiger partial charge >= 0.3 is 0 Å². The van der Waals surface area contributed by atoms with E-state index in [1.165, 1.54) is 43.8 Å². The highest BCUT2D eigenvalue weighted by molar-refractivity contribution is 6.12. The van der Waals surface area contributed by atoms with Gasteiger partial charge in [0.15, 0.2) is 5.69 Å². The van der Waals surface area contributed by atoms with Gasteiger partial charge in [-0.25, -0.2) is 4.85 Å². The number of aryl methyl sites for hydroxylation is 4. The molecule has 0 aliphatic carbocycles. The average Bonchev–Trinajstić information content (AvgIpc) is 3.51. The zero-order valence-corrected chi connectivity index (χ0v) is 25.2. The van der Waals surface area contributed by atoms with Crippen LogP contribution in [0.15, 0.2) is 109 Å². The molecule has 3 aromatic heterocycles. The van der Waals surface area contributed by atoms with Crippen molar-refractivity contribution < 1.29 is 0 Å². The molecule has 0 saturated carbocycles. The third-order valence-corrected chi connectivity index (χ3v) is 8.83. The molecule has 210 valence electrons. The minimum absolute atomic E-state index is 0.597. The van der Waals surface area contributed by atoms with Crippen LogP contribution >= 0.6 is 0 Å². The first-order chi connectivity index (χ1) is 21.4. The Hall–Kier alpha value is -5.66. The van der Waals surface area contributed by atoms with E-state index in [0.717, 1.165) is 44.6 Å². The van der Waals surface area contributed by atoms with Crippen LogP contribution < -0.4 is 0 Å². The normalized spacial score (nSPS) is 11.6. The summed E-state index contributed by atoms with van der Waals surface area (Å²) < 4.78 is 4.70. The lowest BCUT2D eigenvalue weighted by Gasteiger charge is -2.18. The molecule has 0 unspecified atom stereocenters. The van der Waals surface area contributed by atoms with Crippen LogP contribution in [0.5, 0.6) is 0 Å². The van der Waals surface area contributed by atoms with Gasteiger partial charge < -0.3 is 9.13 Å². The van der Waals surface area contributed by atoms with Crippen LogP contribution in [-0.4, -0.2) is 14.1 Å². The molecule has 0 N–H and O–H groups in total. The number of pyridine rings is 1. The van der Waals surface area contributed by atoms with Crippen molar-refractivity contribution >= 4 is 49.3 Å². The first-order valence-electron chi connectivity index (χ1n) is 14.9. The first kappa shape index (κ1) is 26.0. The van der Waals surface area contributed by atoms with Gasteiger partial charge in [-0.1, -0.05) is 52.6 Å². The quantitative estimate of drug-likeness (QED) is 0.195. The molecule has 44 heavy (non-hydrogen) atoms. The summed E-state index contributed by atoms with van der Waals surface area (Å²) in [4.78, 5) is 8.50. The second-order valence-electron chi connectivity index (χ2n) is 12.0. The van der Waals surface area contributed by atoms with E-state index in [0.29, 0.717) is 5.69 Å². The van der Waals surface area contributed by atoms with Crippen LogP contribution in [0, 0.1) is 34.3 Å². The highest BCUT2D eigenvalue weighted by Gasteiger charge is 2.21. The Labute approximate surface area is 256 Å². The molecular weight excluding hydrogens is 536 g/mol. The first-order valence-corrected chi connectivity index (χ1v) is 14.9. The molecule has 0 aliphatic rings. The Bertz CT molecular complexity index is 2380. The summed E-state index contributed by atoms with van der Waals surface area (Å²) >= 11 is 0. The Balaban J connectivity index is 1.49. The Morgan fingerprint density at radius 3 is 1.36 bits per heavy atom. The van der Waals surface area contributed by atoms with E-state index in [-0.39, 0.29) is 0 Å². The number of fused-ring (bicyclic) bond motifs is 6. The van der Waals surface area contributed by atoms with Gasteiger partial charge in [-0.15, -0.1) is 0 Å². The molecule has 8 rings (SSSR count). The highest BCUT2D eigenvalue weighted by Crippen LogP contribution is 2.42. The van der Waals surface area contributed by atoms with Gasteiger partial charge in [-0.05, 0) is 100.0 Å². The number of rotatable bonds is 3. The summed E-state index contributed by atoms with van der Waals surface area (Å²) in [6.45, 7) is 16.5. The van der Waals surface area contributed by atoms with Gasteiger partial charge in [0.1, 0.15) is 0 Å². The Morgan fingerprint density at radius 2 is 0.932 bits per heavy atom. The van der Waals surface area contributed by atoms with Gasteiger partial charge in [0.05, 0.1) is 40.0 Å². The van der Waals surface area contributed by atoms with Gasteiger partial charge in [0, 0.05) is 39.5 Å². The number of benzene rings is 5. The number of hydrogen-bond donors (Lipinski definition) is 0.